The van der Waals surface area contributed by atoms with E-state index in [9.17, 15) is 0 Å². The van der Waals surface area contributed by atoms with Gasteiger partial charge in [-0.05, 0) is 13.0 Å². The van der Waals surface area contributed by atoms with Gasteiger partial charge < -0.3 is 0 Å². The molecule has 11 heavy (non-hydrogen) atoms. The standard InChI is InChI=1S/C8H9N3/c1-7-8(4-3-5-9)6-11(2)10-7/h3-4,6H,1-2H3. The largest absolute Gasteiger partial charge is 0.275 e. The Hall–Kier alpha value is -1.56. The SMILES string of the molecule is Cc1nn(C)cc1C=CC#N. The minimum atomic E-state index is 0.944. The molecule has 1 heterocycles. The lowest BCUT2D eigenvalue weighted by atomic mass is 10.2. The molecular weight excluding hydrogens is 138 g/mol. The molecule has 0 atom stereocenters. The molecule has 0 fully saturated rings. The highest BCUT2D eigenvalue weighted by Crippen LogP contribution is 2.05. The number of nitrogens with zero attached hydrogens (tertiary/aromatic N) is 3. The summed E-state index contributed by atoms with van der Waals surface area (Å²) in [5, 5.41) is 12.4. The second-order valence-electron chi connectivity index (χ2n) is 2.31. The van der Waals surface area contributed by atoms with E-state index < -0.39 is 0 Å². The first-order chi connectivity index (χ1) is 5.24. The number of hydrogen-bond donors (Lipinski definition) is 0. The van der Waals surface area contributed by atoms with Crippen LogP contribution in [0.5, 0.6) is 0 Å². The summed E-state index contributed by atoms with van der Waals surface area (Å²) < 4.78 is 1.73. The van der Waals surface area contributed by atoms with Crippen molar-refractivity contribution in [1.29, 1.82) is 5.26 Å². The molecule has 0 bridgehead atoms. The molecule has 1 rings (SSSR count). The normalized spacial score (nSPS) is 10.3. The van der Waals surface area contributed by atoms with Gasteiger partial charge in [-0.3, -0.25) is 4.68 Å². The van der Waals surface area contributed by atoms with Crippen molar-refractivity contribution < 1.29 is 0 Å². The van der Waals surface area contributed by atoms with E-state index >= 15 is 0 Å². The van der Waals surface area contributed by atoms with Crippen molar-refractivity contribution in [2.45, 2.75) is 6.92 Å². The highest BCUT2D eigenvalue weighted by molar-refractivity contribution is 5.52. The number of aromatic nitrogens is 2. The summed E-state index contributed by atoms with van der Waals surface area (Å²) in [5.74, 6) is 0. The van der Waals surface area contributed by atoms with Gasteiger partial charge in [0, 0.05) is 24.9 Å². The average molecular weight is 147 g/mol. The van der Waals surface area contributed by atoms with Crippen molar-refractivity contribution in [2.75, 3.05) is 0 Å². The van der Waals surface area contributed by atoms with Crippen LogP contribution < -0.4 is 0 Å². The van der Waals surface area contributed by atoms with Crippen molar-refractivity contribution >= 4 is 6.08 Å². The monoisotopic (exact) mass is 147 g/mol. The van der Waals surface area contributed by atoms with E-state index in [0.29, 0.717) is 0 Å². The molecule has 0 aliphatic carbocycles. The quantitative estimate of drug-likeness (QED) is 0.561. The summed E-state index contributed by atoms with van der Waals surface area (Å²) in [5.41, 5.74) is 1.94. The van der Waals surface area contributed by atoms with Gasteiger partial charge in [0.25, 0.3) is 0 Å². The molecule has 0 N–H and O–H groups in total. The molecule has 0 aliphatic rings. The van der Waals surface area contributed by atoms with Crippen LogP contribution in [0.2, 0.25) is 0 Å². The Morgan fingerprint density at radius 3 is 2.91 bits per heavy atom. The number of allylic oxidation sites excluding steroid dienone is 1. The Bertz CT molecular complexity index is 315. The van der Waals surface area contributed by atoms with Crippen LogP contribution in [0.4, 0.5) is 0 Å². The zero-order chi connectivity index (χ0) is 8.27. The summed E-state index contributed by atoms with van der Waals surface area (Å²) in [6.07, 6.45) is 5.08. The molecule has 0 amide bonds. The fraction of sp³-hybridized carbons (Fsp3) is 0.250. The van der Waals surface area contributed by atoms with Gasteiger partial charge in [0.15, 0.2) is 0 Å². The van der Waals surface area contributed by atoms with E-state index in [1.165, 1.54) is 6.08 Å². The molecule has 0 aromatic carbocycles. The minimum absolute atomic E-state index is 0.944. The highest BCUT2D eigenvalue weighted by Gasteiger charge is 1.96. The smallest absolute Gasteiger partial charge is 0.0912 e. The average Bonchev–Trinajstić information content (AvgIpc) is 2.26. The second-order valence-corrected chi connectivity index (χ2v) is 2.31. The Morgan fingerprint density at radius 2 is 2.45 bits per heavy atom. The Morgan fingerprint density at radius 1 is 1.73 bits per heavy atom. The first-order valence-electron chi connectivity index (χ1n) is 3.30. The van der Waals surface area contributed by atoms with E-state index in [-0.39, 0.29) is 0 Å². The molecular formula is C8H9N3. The Kier molecular flexibility index (Phi) is 2.07. The summed E-state index contributed by atoms with van der Waals surface area (Å²) in [7, 11) is 1.86. The molecule has 1 aromatic rings. The van der Waals surface area contributed by atoms with Gasteiger partial charge in [-0.1, -0.05) is 0 Å². The molecule has 56 valence electrons. The van der Waals surface area contributed by atoms with E-state index in [2.05, 4.69) is 5.10 Å². The van der Waals surface area contributed by atoms with Crippen LogP contribution in [0, 0.1) is 18.3 Å². The Balaban J connectivity index is 2.96. The first kappa shape index (κ1) is 7.55. The van der Waals surface area contributed by atoms with Gasteiger partial charge >= 0.3 is 0 Å². The fourth-order valence-electron chi connectivity index (χ4n) is 0.909. The van der Waals surface area contributed by atoms with Crippen molar-refractivity contribution in [3.63, 3.8) is 0 Å². The number of aryl methyl sites for hydroxylation is 2. The first-order valence-corrected chi connectivity index (χ1v) is 3.30. The van der Waals surface area contributed by atoms with Crippen molar-refractivity contribution in [2.24, 2.45) is 7.05 Å². The summed E-state index contributed by atoms with van der Waals surface area (Å²) in [4.78, 5) is 0. The van der Waals surface area contributed by atoms with Crippen LogP contribution in [0.3, 0.4) is 0 Å². The van der Waals surface area contributed by atoms with Crippen molar-refractivity contribution in [3.05, 3.63) is 23.5 Å². The highest BCUT2D eigenvalue weighted by atomic mass is 15.2. The molecule has 1 aromatic heterocycles. The van der Waals surface area contributed by atoms with Crippen LogP contribution in [-0.4, -0.2) is 9.78 Å². The molecule has 3 heteroatoms. The van der Waals surface area contributed by atoms with E-state index in [4.69, 9.17) is 5.26 Å². The molecule has 0 unspecified atom stereocenters. The molecule has 3 nitrogen and oxygen atoms in total. The number of nitriles is 1. The number of hydrogen-bond acceptors (Lipinski definition) is 2. The predicted octanol–water partition coefficient (Wildman–Crippen LogP) is 1.27. The number of rotatable bonds is 1. The molecule has 0 aliphatic heterocycles. The van der Waals surface area contributed by atoms with Crippen LogP contribution in [0.1, 0.15) is 11.3 Å². The van der Waals surface area contributed by atoms with E-state index in [0.717, 1.165) is 11.3 Å². The lowest BCUT2D eigenvalue weighted by Crippen LogP contribution is -1.86. The van der Waals surface area contributed by atoms with Crippen molar-refractivity contribution in [3.8, 4) is 6.07 Å². The fourth-order valence-corrected chi connectivity index (χ4v) is 0.909. The second kappa shape index (κ2) is 3.02. The van der Waals surface area contributed by atoms with Gasteiger partial charge in [-0.25, -0.2) is 0 Å². The minimum Gasteiger partial charge on any atom is -0.275 e. The zero-order valence-corrected chi connectivity index (χ0v) is 6.57. The van der Waals surface area contributed by atoms with Crippen LogP contribution >= 0.6 is 0 Å². The topological polar surface area (TPSA) is 41.6 Å². The van der Waals surface area contributed by atoms with Gasteiger partial charge in [-0.15, -0.1) is 0 Å². The third-order valence-corrected chi connectivity index (χ3v) is 1.39. The Labute approximate surface area is 65.6 Å². The van der Waals surface area contributed by atoms with E-state index in [1.54, 1.807) is 10.8 Å². The summed E-state index contributed by atoms with van der Waals surface area (Å²) in [6.45, 7) is 1.91. The van der Waals surface area contributed by atoms with E-state index in [1.807, 2.05) is 26.2 Å². The lowest BCUT2D eigenvalue weighted by molar-refractivity contribution is 0.756. The summed E-state index contributed by atoms with van der Waals surface area (Å²) >= 11 is 0. The maximum atomic E-state index is 8.26. The zero-order valence-electron chi connectivity index (χ0n) is 6.57. The third kappa shape index (κ3) is 1.68. The van der Waals surface area contributed by atoms with Crippen LogP contribution in [-0.2, 0) is 7.05 Å². The van der Waals surface area contributed by atoms with Gasteiger partial charge in [-0.2, -0.15) is 10.4 Å². The van der Waals surface area contributed by atoms with Gasteiger partial charge in [0.2, 0.25) is 0 Å². The maximum absolute atomic E-state index is 8.26. The molecule has 0 saturated carbocycles. The van der Waals surface area contributed by atoms with Gasteiger partial charge in [0.1, 0.15) is 0 Å². The molecule has 0 saturated heterocycles. The molecule has 0 radical (unpaired) electrons. The third-order valence-electron chi connectivity index (χ3n) is 1.39. The van der Waals surface area contributed by atoms with Gasteiger partial charge in [0.05, 0.1) is 11.8 Å². The maximum Gasteiger partial charge on any atom is 0.0912 e. The molecule has 0 spiro atoms. The van der Waals surface area contributed by atoms with Crippen molar-refractivity contribution in [1.82, 2.24) is 9.78 Å². The summed E-state index contributed by atoms with van der Waals surface area (Å²) in [6, 6.07) is 1.94. The predicted molar refractivity (Wildman–Crippen MR) is 42.6 cm³/mol. The van der Waals surface area contributed by atoms with Crippen LogP contribution in [0.15, 0.2) is 12.3 Å². The van der Waals surface area contributed by atoms with Crippen LogP contribution in [0.25, 0.3) is 6.08 Å². The lowest BCUT2D eigenvalue weighted by Gasteiger charge is -1.81.